The lowest BCUT2D eigenvalue weighted by Crippen LogP contribution is -2.24. The summed E-state index contributed by atoms with van der Waals surface area (Å²) in [4.78, 5) is 10.4. The summed E-state index contributed by atoms with van der Waals surface area (Å²) >= 11 is 1.59. The molecule has 1 rings (SSSR count). The van der Waals surface area contributed by atoms with Gasteiger partial charge in [0.25, 0.3) is 0 Å². The highest BCUT2D eigenvalue weighted by molar-refractivity contribution is 7.99. The van der Waals surface area contributed by atoms with E-state index >= 15 is 0 Å². The third-order valence-corrected chi connectivity index (χ3v) is 3.91. The van der Waals surface area contributed by atoms with Crippen LogP contribution in [-0.2, 0) is 4.79 Å². The molecule has 2 unspecified atom stereocenters. The first-order valence-corrected chi connectivity index (χ1v) is 6.41. The topological polar surface area (TPSA) is 57.5 Å². The van der Waals surface area contributed by atoms with E-state index in [2.05, 4.69) is 12.2 Å². The van der Waals surface area contributed by atoms with Crippen LogP contribution in [0.2, 0.25) is 0 Å². The van der Waals surface area contributed by atoms with Crippen molar-refractivity contribution < 1.29 is 15.0 Å². The molecule has 0 aromatic heterocycles. The highest BCUT2D eigenvalue weighted by atomic mass is 32.2. The van der Waals surface area contributed by atoms with E-state index in [0.717, 1.165) is 25.7 Å². The predicted octanol–water partition coefficient (Wildman–Crippen LogP) is 2.05. The molecule has 86 valence electrons. The van der Waals surface area contributed by atoms with Crippen molar-refractivity contribution in [1.82, 2.24) is 0 Å². The Morgan fingerprint density at radius 1 is 1.33 bits per heavy atom. The van der Waals surface area contributed by atoms with Crippen LogP contribution in [0.15, 0.2) is 12.2 Å². The Balaban J connectivity index is 2.30. The SMILES string of the molecule is O=C(O)CCSC1CCC=CCCC1O. The van der Waals surface area contributed by atoms with E-state index in [1.165, 1.54) is 0 Å². The van der Waals surface area contributed by atoms with E-state index in [-0.39, 0.29) is 17.8 Å². The maximum Gasteiger partial charge on any atom is 0.304 e. The maximum absolute atomic E-state index is 10.4. The Bertz CT molecular complexity index is 228. The van der Waals surface area contributed by atoms with Crippen molar-refractivity contribution in [2.75, 3.05) is 5.75 Å². The summed E-state index contributed by atoms with van der Waals surface area (Å²) < 4.78 is 0. The van der Waals surface area contributed by atoms with Crippen LogP contribution in [0.25, 0.3) is 0 Å². The molecule has 0 aliphatic heterocycles. The zero-order valence-corrected chi connectivity index (χ0v) is 9.58. The van der Waals surface area contributed by atoms with Gasteiger partial charge in [0.15, 0.2) is 0 Å². The van der Waals surface area contributed by atoms with E-state index in [1.54, 1.807) is 11.8 Å². The van der Waals surface area contributed by atoms with Crippen molar-refractivity contribution in [3.8, 4) is 0 Å². The number of carboxylic acid groups (broad SMARTS) is 1. The van der Waals surface area contributed by atoms with Crippen LogP contribution < -0.4 is 0 Å². The quantitative estimate of drug-likeness (QED) is 0.726. The zero-order chi connectivity index (χ0) is 11.1. The number of carboxylic acids is 1. The van der Waals surface area contributed by atoms with Crippen LogP contribution in [0.3, 0.4) is 0 Å². The average molecular weight is 230 g/mol. The molecule has 0 amide bonds. The number of aliphatic carboxylic acids is 1. The van der Waals surface area contributed by atoms with Crippen LogP contribution in [0.1, 0.15) is 32.1 Å². The minimum atomic E-state index is -0.761. The van der Waals surface area contributed by atoms with Gasteiger partial charge in [0, 0.05) is 11.0 Å². The first kappa shape index (κ1) is 12.6. The molecule has 0 saturated heterocycles. The van der Waals surface area contributed by atoms with Crippen molar-refractivity contribution >= 4 is 17.7 Å². The molecule has 0 radical (unpaired) electrons. The number of rotatable bonds is 4. The third-order valence-electron chi connectivity index (χ3n) is 2.49. The maximum atomic E-state index is 10.4. The summed E-state index contributed by atoms with van der Waals surface area (Å²) in [7, 11) is 0. The monoisotopic (exact) mass is 230 g/mol. The fraction of sp³-hybridized carbons (Fsp3) is 0.727. The smallest absolute Gasteiger partial charge is 0.304 e. The minimum Gasteiger partial charge on any atom is -0.481 e. The van der Waals surface area contributed by atoms with E-state index in [1.807, 2.05) is 0 Å². The molecule has 1 aliphatic rings. The fourth-order valence-electron chi connectivity index (χ4n) is 1.63. The summed E-state index contributed by atoms with van der Waals surface area (Å²) in [6.07, 6.45) is 7.82. The van der Waals surface area contributed by atoms with Gasteiger partial charge in [-0.3, -0.25) is 4.79 Å². The number of aliphatic hydroxyl groups is 1. The van der Waals surface area contributed by atoms with Gasteiger partial charge in [-0.2, -0.15) is 11.8 Å². The third kappa shape index (κ3) is 5.23. The van der Waals surface area contributed by atoms with Crippen LogP contribution >= 0.6 is 11.8 Å². The predicted molar refractivity (Wildman–Crippen MR) is 62.1 cm³/mol. The van der Waals surface area contributed by atoms with Crippen molar-refractivity contribution in [3.63, 3.8) is 0 Å². The zero-order valence-electron chi connectivity index (χ0n) is 8.76. The largest absolute Gasteiger partial charge is 0.481 e. The summed E-state index contributed by atoms with van der Waals surface area (Å²) in [6, 6.07) is 0. The lowest BCUT2D eigenvalue weighted by molar-refractivity contribution is -0.136. The Morgan fingerprint density at radius 3 is 2.67 bits per heavy atom. The van der Waals surface area contributed by atoms with Gasteiger partial charge in [0.1, 0.15) is 0 Å². The number of thioether (sulfide) groups is 1. The van der Waals surface area contributed by atoms with Gasteiger partial charge < -0.3 is 10.2 Å². The molecule has 15 heavy (non-hydrogen) atoms. The van der Waals surface area contributed by atoms with Gasteiger partial charge in [-0.1, -0.05) is 12.2 Å². The minimum absolute atomic E-state index is 0.184. The second-order valence-corrected chi connectivity index (χ2v) is 5.09. The lowest BCUT2D eigenvalue weighted by Gasteiger charge is -2.22. The summed E-state index contributed by atoms with van der Waals surface area (Å²) in [5, 5.41) is 18.6. The number of carbonyl (C=O) groups is 1. The summed E-state index contributed by atoms with van der Waals surface area (Å²) in [5.41, 5.74) is 0. The lowest BCUT2D eigenvalue weighted by atomic mass is 10.0. The first-order chi connectivity index (χ1) is 7.20. The van der Waals surface area contributed by atoms with Gasteiger partial charge in [0.2, 0.25) is 0 Å². The Labute approximate surface area is 94.6 Å². The molecule has 2 atom stereocenters. The van der Waals surface area contributed by atoms with Crippen LogP contribution in [0, 0.1) is 0 Å². The van der Waals surface area contributed by atoms with Gasteiger partial charge >= 0.3 is 5.97 Å². The molecular weight excluding hydrogens is 212 g/mol. The molecule has 0 aromatic carbocycles. The Morgan fingerprint density at radius 2 is 2.00 bits per heavy atom. The molecule has 0 heterocycles. The van der Waals surface area contributed by atoms with E-state index in [0.29, 0.717) is 5.75 Å². The van der Waals surface area contributed by atoms with Crippen molar-refractivity contribution in [2.45, 2.75) is 43.5 Å². The Kier molecular flexibility index (Phi) is 5.79. The normalized spacial score (nSPS) is 27.0. The fourth-order valence-corrected chi connectivity index (χ4v) is 2.89. The molecule has 4 heteroatoms. The number of hydrogen-bond donors (Lipinski definition) is 2. The van der Waals surface area contributed by atoms with E-state index < -0.39 is 5.97 Å². The van der Waals surface area contributed by atoms with Crippen molar-refractivity contribution in [1.29, 1.82) is 0 Å². The van der Waals surface area contributed by atoms with Gasteiger partial charge in [-0.05, 0) is 25.7 Å². The molecule has 2 N–H and O–H groups in total. The number of hydrogen-bond acceptors (Lipinski definition) is 3. The van der Waals surface area contributed by atoms with Crippen LogP contribution in [0.5, 0.6) is 0 Å². The molecule has 3 nitrogen and oxygen atoms in total. The average Bonchev–Trinajstić information content (AvgIpc) is 2.16. The second-order valence-electron chi connectivity index (χ2n) is 3.75. The van der Waals surface area contributed by atoms with E-state index in [9.17, 15) is 9.90 Å². The first-order valence-electron chi connectivity index (χ1n) is 5.36. The van der Waals surface area contributed by atoms with Gasteiger partial charge in [-0.25, -0.2) is 0 Å². The van der Waals surface area contributed by atoms with E-state index in [4.69, 9.17) is 5.11 Å². The highest BCUT2D eigenvalue weighted by Gasteiger charge is 2.19. The molecule has 0 spiro atoms. The molecule has 1 aliphatic carbocycles. The standard InChI is InChI=1S/C11H18O3S/c12-9-5-3-1-2-4-6-10(9)15-8-7-11(13)14/h1-2,9-10,12H,3-8H2,(H,13,14). The van der Waals surface area contributed by atoms with Crippen molar-refractivity contribution in [2.24, 2.45) is 0 Å². The van der Waals surface area contributed by atoms with Crippen LogP contribution in [-0.4, -0.2) is 33.3 Å². The second kappa shape index (κ2) is 6.90. The van der Waals surface area contributed by atoms with Gasteiger partial charge in [0.05, 0.1) is 12.5 Å². The molecule has 0 fully saturated rings. The number of allylic oxidation sites excluding steroid dienone is 2. The van der Waals surface area contributed by atoms with Crippen LogP contribution in [0.4, 0.5) is 0 Å². The summed E-state index contributed by atoms with van der Waals surface area (Å²) in [6.45, 7) is 0. The summed E-state index contributed by atoms with van der Waals surface area (Å²) in [5.74, 6) is -0.163. The molecule has 0 saturated carbocycles. The van der Waals surface area contributed by atoms with Crippen molar-refractivity contribution in [3.05, 3.63) is 12.2 Å². The number of aliphatic hydroxyl groups excluding tert-OH is 1. The highest BCUT2D eigenvalue weighted by Crippen LogP contribution is 2.25. The Hall–Kier alpha value is -0.480. The molecule has 0 bridgehead atoms. The molecular formula is C11H18O3S. The van der Waals surface area contributed by atoms with Gasteiger partial charge in [-0.15, -0.1) is 0 Å². The molecule has 0 aromatic rings.